The van der Waals surface area contributed by atoms with E-state index in [9.17, 15) is 8.78 Å². The molecule has 0 amide bonds. The van der Waals surface area contributed by atoms with Crippen molar-refractivity contribution in [2.24, 2.45) is 0 Å². The predicted octanol–water partition coefficient (Wildman–Crippen LogP) is 2.91. The van der Waals surface area contributed by atoms with Crippen LogP contribution in [0.25, 0.3) is 0 Å². The maximum Gasteiger partial charge on any atom is 0.137 e. The van der Waals surface area contributed by atoms with Crippen LogP contribution in [-0.4, -0.2) is 0 Å². The molecule has 10 heavy (non-hydrogen) atoms. The topological polar surface area (TPSA) is 0 Å². The first-order valence-corrected chi connectivity index (χ1v) is 3.37. The van der Waals surface area contributed by atoms with Crippen LogP contribution in [0.4, 0.5) is 8.78 Å². The molecular formula is C7H4BrF2. The van der Waals surface area contributed by atoms with Gasteiger partial charge in [-0.3, -0.25) is 0 Å². The number of hydrogen-bond acceptors (Lipinski definition) is 0. The molecule has 0 spiro atoms. The van der Waals surface area contributed by atoms with Crippen LogP contribution in [0.15, 0.2) is 16.6 Å². The highest BCUT2D eigenvalue weighted by molar-refractivity contribution is 9.10. The van der Waals surface area contributed by atoms with Crippen molar-refractivity contribution in [3.63, 3.8) is 0 Å². The maximum atomic E-state index is 12.5. The maximum absolute atomic E-state index is 12.5. The van der Waals surface area contributed by atoms with Gasteiger partial charge in [0, 0.05) is 5.56 Å². The number of hydrogen-bond donors (Lipinski definition) is 0. The molecule has 1 aromatic rings. The first-order chi connectivity index (χ1) is 4.63. The van der Waals surface area contributed by atoms with Crippen LogP contribution >= 0.6 is 15.9 Å². The SMILES string of the molecule is [CH2]c1c(F)ccc(F)c1Br. The third-order valence-corrected chi connectivity index (χ3v) is 2.00. The Morgan fingerprint density at radius 2 is 1.70 bits per heavy atom. The highest BCUT2D eigenvalue weighted by Crippen LogP contribution is 2.21. The summed E-state index contributed by atoms with van der Waals surface area (Å²) in [6.45, 7) is 3.32. The molecule has 0 saturated carbocycles. The highest BCUT2D eigenvalue weighted by atomic mass is 79.9. The normalized spacial score (nSPS) is 10.0. The Kier molecular flexibility index (Phi) is 2.04. The first-order valence-electron chi connectivity index (χ1n) is 2.58. The lowest BCUT2D eigenvalue weighted by Crippen LogP contribution is -1.86. The summed E-state index contributed by atoms with van der Waals surface area (Å²) >= 11 is 2.85. The van der Waals surface area contributed by atoms with Crippen molar-refractivity contribution in [2.45, 2.75) is 0 Å². The van der Waals surface area contributed by atoms with Gasteiger partial charge in [0.2, 0.25) is 0 Å². The largest absolute Gasteiger partial charge is 0.207 e. The highest BCUT2D eigenvalue weighted by Gasteiger charge is 2.05. The van der Waals surface area contributed by atoms with E-state index in [4.69, 9.17) is 0 Å². The second kappa shape index (κ2) is 2.66. The van der Waals surface area contributed by atoms with Crippen LogP contribution in [0.2, 0.25) is 0 Å². The standard InChI is InChI=1S/C7H4BrF2/c1-4-5(9)2-3-6(10)7(4)8/h2-3H,1H2. The molecule has 1 radical (unpaired) electrons. The third kappa shape index (κ3) is 1.19. The van der Waals surface area contributed by atoms with Crippen LogP contribution < -0.4 is 0 Å². The van der Waals surface area contributed by atoms with E-state index in [1.54, 1.807) is 0 Å². The molecular weight excluding hydrogens is 202 g/mol. The molecule has 0 heterocycles. The number of halogens is 3. The van der Waals surface area contributed by atoms with Gasteiger partial charge < -0.3 is 0 Å². The van der Waals surface area contributed by atoms with E-state index < -0.39 is 11.6 Å². The fraction of sp³-hybridized carbons (Fsp3) is 0. The third-order valence-electron chi connectivity index (χ3n) is 1.14. The lowest BCUT2D eigenvalue weighted by molar-refractivity contribution is 0.590. The van der Waals surface area contributed by atoms with Gasteiger partial charge in [0.15, 0.2) is 0 Å². The molecule has 1 rings (SSSR count). The van der Waals surface area contributed by atoms with Crippen LogP contribution in [0.3, 0.4) is 0 Å². The molecule has 1 aromatic carbocycles. The first kappa shape index (κ1) is 7.66. The van der Waals surface area contributed by atoms with Gasteiger partial charge >= 0.3 is 0 Å². The minimum absolute atomic E-state index is 0.0556. The number of rotatable bonds is 0. The minimum Gasteiger partial charge on any atom is -0.207 e. The Hall–Kier alpha value is -0.440. The summed E-state index contributed by atoms with van der Waals surface area (Å²) in [5.41, 5.74) is 0.0556. The molecule has 0 aliphatic carbocycles. The van der Waals surface area contributed by atoms with Gasteiger partial charge in [-0.05, 0) is 35.0 Å². The Balaban J connectivity index is 3.34. The molecule has 0 N–H and O–H groups in total. The summed E-state index contributed by atoms with van der Waals surface area (Å²) in [4.78, 5) is 0. The second-order valence-electron chi connectivity index (χ2n) is 1.82. The average Bonchev–Trinajstić information content (AvgIpc) is 1.93. The molecule has 0 fully saturated rings. The Morgan fingerprint density at radius 1 is 1.20 bits per heavy atom. The molecule has 0 bridgehead atoms. The van der Waals surface area contributed by atoms with Gasteiger partial charge in [0.05, 0.1) is 4.47 Å². The second-order valence-corrected chi connectivity index (χ2v) is 2.61. The van der Waals surface area contributed by atoms with Gasteiger partial charge in [-0.1, -0.05) is 0 Å². The smallest absolute Gasteiger partial charge is 0.137 e. The molecule has 0 aromatic heterocycles. The van der Waals surface area contributed by atoms with Gasteiger partial charge in [0.1, 0.15) is 11.6 Å². The van der Waals surface area contributed by atoms with Crippen molar-refractivity contribution < 1.29 is 8.78 Å². The Labute approximate surface area is 66.0 Å². The van der Waals surface area contributed by atoms with E-state index in [2.05, 4.69) is 22.9 Å². The molecule has 0 aliphatic heterocycles. The van der Waals surface area contributed by atoms with Crippen molar-refractivity contribution in [2.75, 3.05) is 0 Å². The quantitative estimate of drug-likeness (QED) is 0.572. The van der Waals surface area contributed by atoms with Crippen molar-refractivity contribution in [3.8, 4) is 0 Å². The van der Waals surface area contributed by atoms with E-state index >= 15 is 0 Å². The van der Waals surface area contributed by atoms with Crippen molar-refractivity contribution in [1.82, 2.24) is 0 Å². The van der Waals surface area contributed by atoms with Gasteiger partial charge in [-0.15, -0.1) is 0 Å². The molecule has 0 aliphatic rings. The zero-order chi connectivity index (χ0) is 7.72. The zero-order valence-electron chi connectivity index (χ0n) is 5.00. The van der Waals surface area contributed by atoms with E-state index in [0.29, 0.717) is 0 Å². The van der Waals surface area contributed by atoms with E-state index in [1.165, 1.54) is 0 Å². The van der Waals surface area contributed by atoms with Crippen LogP contribution in [0, 0.1) is 18.6 Å². The zero-order valence-corrected chi connectivity index (χ0v) is 6.58. The fourth-order valence-electron chi connectivity index (χ4n) is 0.569. The summed E-state index contributed by atoms with van der Waals surface area (Å²) in [6, 6.07) is 2.09. The van der Waals surface area contributed by atoms with Crippen LogP contribution in [-0.2, 0) is 0 Å². The summed E-state index contributed by atoms with van der Waals surface area (Å²) in [5.74, 6) is -1.00. The van der Waals surface area contributed by atoms with Crippen molar-refractivity contribution in [3.05, 3.63) is 40.7 Å². The predicted molar refractivity (Wildman–Crippen MR) is 38.5 cm³/mol. The van der Waals surface area contributed by atoms with Crippen molar-refractivity contribution >= 4 is 15.9 Å². The summed E-state index contributed by atoms with van der Waals surface area (Å²) in [7, 11) is 0. The number of benzene rings is 1. The Bertz CT molecular complexity index is 231. The lowest BCUT2D eigenvalue weighted by Gasteiger charge is -1.98. The Morgan fingerprint density at radius 3 is 2.20 bits per heavy atom. The summed E-state index contributed by atoms with van der Waals surface area (Å²) in [6.07, 6.45) is 0. The molecule has 0 unspecified atom stereocenters. The van der Waals surface area contributed by atoms with E-state index in [0.717, 1.165) is 12.1 Å². The fourth-order valence-corrected chi connectivity index (χ4v) is 0.891. The molecule has 0 nitrogen and oxygen atoms in total. The minimum atomic E-state index is -0.506. The monoisotopic (exact) mass is 205 g/mol. The van der Waals surface area contributed by atoms with E-state index in [1.807, 2.05) is 0 Å². The van der Waals surface area contributed by atoms with Crippen LogP contribution in [0.1, 0.15) is 5.56 Å². The molecule has 0 atom stereocenters. The summed E-state index contributed by atoms with van der Waals surface area (Å²) in [5, 5.41) is 0. The average molecular weight is 206 g/mol. The van der Waals surface area contributed by atoms with Gasteiger partial charge in [-0.2, -0.15) is 0 Å². The molecule has 53 valence electrons. The lowest BCUT2D eigenvalue weighted by atomic mass is 10.2. The molecule has 3 heteroatoms. The van der Waals surface area contributed by atoms with Crippen molar-refractivity contribution in [1.29, 1.82) is 0 Å². The molecule has 0 saturated heterocycles. The van der Waals surface area contributed by atoms with Gasteiger partial charge in [0.25, 0.3) is 0 Å². The van der Waals surface area contributed by atoms with E-state index in [-0.39, 0.29) is 10.0 Å². The van der Waals surface area contributed by atoms with Crippen LogP contribution in [0.5, 0.6) is 0 Å². The summed E-state index contributed by atoms with van der Waals surface area (Å²) < 4.78 is 25.1. The van der Waals surface area contributed by atoms with Gasteiger partial charge in [-0.25, -0.2) is 8.78 Å².